The Morgan fingerprint density at radius 2 is 1.59 bits per heavy atom. The van der Waals surface area contributed by atoms with Crippen LogP contribution in [-0.2, 0) is 14.4 Å². The van der Waals surface area contributed by atoms with Crippen molar-refractivity contribution in [3.63, 3.8) is 0 Å². The third kappa shape index (κ3) is 3.89. The zero-order chi connectivity index (χ0) is 27.9. The van der Waals surface area contributed by atoms with Crippen molar-refractivity contribution in [2.75, 3.05) is 0 Å². The molecule has 4 N–H and O–H groups in total. The van der Waals surface area contributed by atoms with Gasteiger partial charge in [0.2, 0.25) is 0 Å². The van der Waals surface area contributed by atoms with Gasteiger partial charge in [-0.2, -0.15) is 0 Å². The molecule has 37 heavy (non-hydrogen) atoms. The molecule has 0 aromatic carbocycles. The lowest BCUT2D eigenvalue weighted by atomic mass is 9.42. The Morgan fingerprint density at radius 3 is 2.19 bits per heavy atom. The van der Waals surface area contributed by atoms with Gasteiger partial charge in [0, 0.05) is 30.3 Å². The van der Waals surface area contributed by atoms with Crippen molar-refractivity contribution in [2.24, 2.45) is 45.3 Å². The summed E-state index contributed by atoms with van der Waals surface area (Å²) in [4.78, 5) is 38.0. The summed E-state index contributed by atoms with van der Waals surface area (Å²) in [6.07, 6.45) is 0.391. The number of hydrogen-bond acceptors (Lipinski definition) is 6. The van der Waals surface area contributed by atoms with Crippen molar-refractivity contribution >= 4 is 17.5 Å². The highest BCUT2D eigenvalue weighted by molar-refractivity contribution is 6.00. The maximum absolute atomic E-state index is 14.1. The summed E-state index contributed by atoms with van der Waals surface area (Å²) in [5, 5.41) is 43.3. The van der Waals surface area contributed by atoms with E-state index in [9.17, 15) is 34.8 Å². The van der Waals surface area contributed by atoms with E-state index in [-0.39, 0.29) is 48.6 Å². The van der Waals surface area contributed by atoms with Crippen LogP contribution in [0, 0.1) is 45.3 Å². The van der Waals surface area contributed by atoms with Crippen LogP contribution >= 0.6 is 0 Å². The average molecular weight is 519 g/mol. The van der Waals surface area contributed by atoms with Crippen molar-refractivity contribution in [3.8, 4) is 0 Å². The standard InChI is InChI=1S/C30H46O7/c1-15(10-17(31)11-16(2)26(36)37)18-12-23(35)30(7)25-19(32)13-21-27(3,4)22(34)8-9-28(21,5)24(25)20(33)14-29(18,30)6/h15-16,18-19,21-23,32,34-35H,8-14H2,1-7H3,(H,36,37)/t15?,16?,18?,19?,21?,22-,23-,28?,29?,30?/m0/s1. The summed E-state index contributed by atoms with van der Waals surface area (Å²) in [5.74, 6) is -2.17. The van der Waals surface area contributed by atoms with Gasteiger partial charge in [0.1, 0.15) is 5.78 Å². The topological polar surface area (TPSA) is 132 Å². The molecule has 0 spiro atoms. The highest BCUT2D eigenvalue weighted by atomic mass is 16.4. The Labute approximate surface area is 220 Å². The second-order valence-electron chi connectivity index (χ2n) is 14.1. The Kier molecular flexibility index (Phi) is 6.91. The second kappa shape index (κ2) is 8.99. The zero-order valence-corrected chi connectivity index (χ0v) is 23.5. The number of aliphatic hydroxyl groups is 3. The fourth-order valence-electron chi connectivity index (χ4n) is 9.39. The van der Waals surface area contributed by atoms with Crippen molar-refractivity contribution in [1.29, 1.82) is 0 Å². The van der Waals surface area contributed by atoms with Crippen molar-refractivity contribution in [2.45, 2.75) is 112 Å². The molecule has 4 aliphatic rings. The minimum Gasteiger partial charge on any atom is -0.481 e. The maximum atomic E-state index is 14.1. The first-order valence-corrected chi connectivity index (χ1v) is 14.0. The number of fused-ring (bicyclic) bond motifs is 4. The van der Waals surface area contributed by atoms with E-state index < -0.39 is 51.9 Å². The van der Waals surface area contributed by atoms with E-state index in [0.29, 0.717) is 36.8 Å². The van der Waals surface area contributed by atoms with E-state index in [1.807, 2.05) is 34.6 Å². The van der Waals surface area contributed by atoms with E-state index >= 15 is 0 Å². The molecule has 7 nitrogen and oxygen atoms in total. The Bertz CT molecular complexity index is 1030. The summed E-state index contributed by atoms with van der Waals surface area (Å²) in [6, 6.07) is 0. The van der Waals surface area contributed by atoms with Crippen LogP contribution in [0.2, 0.25) is 0 Å². The first kappa shape index (κ1) is 28.4. The number of rotatable bonds is 6. The van der Waals surface area contributed by atoms with Gasteiger partial charge in [-0.05, 0) is 65.3 Å². The molecule has 0 aromatic rings. The van der Waals surface area contributed by atoms with Crippen LogP contribution in [0.25, 0.3) is 0 Å². The number of aliphatic carboxylic acids is 1. The number of Topliss-reactive ketones (excluding diaryl/α,β-unsaturated/α-hetero) is 2. The summed E-state index contributed by atoms with van der Waals surface area (Å²) in [5.41, 5.74) is -1.03. The molecule has 2 saturated carbocycles. The van der Waals surface area contributed by atoms with E-state index in [0.717, 1.165) is 0 Å². The largest absolute Gasteiger partial charge is 0.481 e. The lowest BCUT2D eigenvalue weighted by Gasteiger charge is -2.62. The first-order chi connectivity index (χ1) is 16.9. The maximum Gasteiger partial charge on any atom is 0.306 e. The predicted molar refractivity (Wildman–Crippen MR) is 138 cm³/mol. The quantitative estimate of drug-likeness (QED) is 0.419. The average Bonchev–Trinajstić information content (AvgIpc) is 2.99. The number of carbonyl (C=O) groups excluding carboxylic acids is 2. The molecule has 0 radical (unpaired) electrons. The van der Waals surface area contributed by atoms with Crippen LogP contribution in [0.15, 0.2) is 11.1 Å². The molecule has 8 unspecified atom stereocenters. The summed E-state index contributed by atoms with van der Waals surface area (Å²) < 4.78 is 0. The molecule has 0 aromatic heterocycles. The number of hydrogen-bond donors (Lipinski definition) is 4. The van der Waals surface area contributed by atoms with Crippen molar-refractivity contribution in [1.82, 2.24) is 0 Å². The highest BCUT2D eigenvalue weighted by Gasteiger charge is 2.70. The number of carboxylic acids is 1. The Hall–Kier alpha value is -1.57. The predicted octanol–water partition coefficient (Wildman–Crippen LogP) is 3.92. The van der Waals surface area contributed by atoms with Crippen LogP contribution in [-0.4, -0.2) is 56.3 Å². The molecule has 0 aliphatic heterocycles. The van der Waals surface area contributed by atoms with E-state index in [1.54, 1.807) is 0 Å². The molecule has 0 saturated heterocycles. The number of carbonyl (C=O) groups is 3. The van der Waals surface area contributed by atoms with Crippen LogP contribution in [0.4, 0.5) is 0 Å². The smallest absolute Gasteiger partial charge is 0.306 e. The summed E-state index contributed by atoms with van der Waals surface area (Å²) in [7, 11) is 0. The molecular weight excluding hydrogens is 472 g/mol. The number of ketones is 2. The number of aliphatic hydroxyl groups excluding tert-OH is 3. The first-order valence-electron chi connectivity index (χ1n) is 14.0. The van der Waals surface area contributed by atoms with Gasteiger partial charge in [0.25, 0.3) is 0 Å². The van der Waals surface area contributed by atoms with Crippen molar-refractivity contribution < 1.29 is 34.8 Å². The van der Waals surface area contributed by atoms with Gasteiger partial charge in [-0.25, -0.2) is 0 Å². The molecule has 7 heteroatoms. The van der Waals surface area contributed by atoms with Gasteiger partial charge in [0.15, 0.2) is 5.78 Å². The second-order valence-corrected chi connectivity index (χ2v) is 14.1. The third-order valence-electron chi connectivity index (χ3n) is 11.8. The zero-order valence-electron chi connectivity index (χ0n) is 23.5. The van der Waals surface area contributed by atoms with Crippen LogP contribution in [0.3, 0.4) is 0 Å². The molecule has 0 bridgehead atoms. The minimum absolute atomic E-state index is 0.0190. The summed E-state index contributed by atoms with van der Waals surface area (Å²) in [6.45, 7) is 13.7. The molecule has 10 atom stereocenters. The summed E-state index contributed by atoms with van der Waals surface area (Å²) >= 11 is 0. The van der Waals surface area contributed by atoms with E-state index in [1.165, 1.54) is 6.92 Å². The van der Waals surface area contributed by atoms with Crippen LogP contribution in [0.1, 0.15) is 93.4 Å². The van der Waals surface area contributed by atoms with Crippen molar-refractivity contribution in [3.05, 3.63) is 11.1 Å². The third-order valence-corrected chi connectivity index (χ3v) is 11.8. The molecule has 4 aliphatic carbocycles. The van der Waals surface area contributed by atoms with Gasteiger partial charge in [-0.3, -0.25) is 14.4 Å². The normalized spacial score (nSPS) is 44.5. The minimum atomic E-state index is -0.995. The lowest BCUT2D eigenvalue weighted by molar-refractivity contribution is -0.143. The number of carboxylic acid groups (broad SMARTS) is 1. The lowest BCUT2D eigenvalue weighted by Crippen LogP contribution is -2.61. The number of allylic oxidation sites excluding steroid dienone is 1. The van der Waals surface area contributed by atoms with Crippen LogP contribution in [0.5, 0.6) is 0 Å². The molecule has 0 heterocycles. The monoisotopic (exact) mass is 518 g/mol. The van der Waals surface area contributed by atoms with Gasteiger partial charge in [-0.1, -0.05) is 48.5 Å². The fourth-order valence-corrected chi connectivity index (χ4v) is 9.39. The molecule has 0 amide bonds. The Balaban J connectivity index is 1.74. The Morgan fingerprint density at radius 1 is 0.973 bits per heavy atom. The highest BCUT2D eigenvalue weighted by Crippen LogP contribution is 2.71. The molecule has 4 rings (SSSR count). The van der Waals surface area contributed by atoms with E-state index in [4.69, 9.17) is 0 Å². The SMILES string of the molecule is CC(CC(=O)CC(C)C1C[C@H](O)C2(C)C3=C(C(=O)CC12C)C1(C)CC[C@H](O)C(C)(C)C1CC3O)C(=O)O. The van der Waals surface area contributed by atoms with Gasteiger partial charge in [0.05, 0.1) is 24.2 Å². The van der Waals surface area contributed by atoms with Gasteiger partial charge >= 0.3 is 5.97 Å². The molecule has 208 valence electrons. The fraction of sp³-hybridized carbons (Fsp3) is 0.833. The molecular formula is C30H46O7. The van der Waals surface area contributed by atoms with Gasteiger partial charge < -0.3 is 20.4 Å². The van der Waals surface area contributed by atoms with Crippen LogP contribution < -0.4 is 0 Å². The van der Waals surface area contributed by atoms with Gasteiger partial charge in [-0.15, -0.1) is 0 Å². The molecule has 2 fully saturated rings. The van der Waals surface area contributed by atoms with E-state index in [2.05, 4.69) is 6.92 Å².